The van der Waals surface area contributed by atoms with E-state index < -0.39 is 0 Å². The van der Waals surface area contributed by atoms with Crippen molar-refractivity contribution in [3.8, 4) is 0 Å². The molecule has 1 heteroatoms. The number of hydrogen-bond acceptors (Lipinski definition) is 1. The van der Waals surface area contributed by atoms with Gasteiger partial charge in [-0.05, 0) is 24.7 Å². The van der Waals surface area contributed by atoms with E-state index in [0.717, 1.165) is 37.5 Å². The zero-order valence-electron chi connectivity index (χ0n) is 14.7. The molecule has 0 saturated heterocycles. The Kier molecular flexibility index (Phi) is 10.9. The molecule has 0 bridgehead atoms. The van der Waals surface area contributed by atoms with Gasteiger partial charge in [0, 0.05) is 12.8 Å². The van der Waals surface area contributed by atoms with Crippen LogP contribution in [0.2, 0.25) is 0 Å². The lowest BCUT2D eigenvalue weighted by Crippen LogP contribution is -2.18. The Labute approximate surface area is 133 Å². The van der Waals surface area contributed by atoms with Crippen molar-refractivity contribution in [1.29, 1.82) is 0 Å². The summed E-state index contributed by atoms with van der Waals surface area (Å²) in [4.78, 5) is 12.0. The molecule has 0 radical (unpaired) electrons. The second kappa shape index (κ2) is 12.2. The van der Waals surface area contributed by atoms with Gasteiger partial charge in [-0.15, -0.1) is 0 Å². The van der Waals surface area contributed by atoms with Crippen LogP contribution in [0.5, 0.6) is 0 Å². The van der Waals surface area contributed by atoms with Crippen LogP contribution in [0.3, 0.4) is 0 Å². The number of rotatable bonds is 12. The molecular formula is C20H38O. The molecule has 1 aliphatic carbocycles. The highest BCUT2D eigenvalue weighted by Crippen LogP contribution is 2.34. The van der Waals surface area contributed by atoms with E-state index >= 15 is 0 Å². The summed E-state index contributed by atoms with van der Waals surface area (Å²) in [5.41, 5.74) is 0. The summed E-state index contributed by atoms with van der Waals surface area (Å²) < 4.78 is 0. The number of hydrogen-bond donors (Lipinski definition) is 0. The van der Waals surface area contributed by atoms with Crippen LogP contribution >= 0.6 is 0 Å². The third-order valence-corrected chi connectivity index (χ3v) is 5.44. The first-order valence-electron chi connectivity index (χ1n) is 9.79. The molecule has 1 nitrogen and oxygen atoms in total. The molecule has 21 heavy (non-hydrogen) atoms. The summed E-state index contributed by atoms with van der Waals surface area (Å²) in [5, 5.41) is 0. The van der Waals surface area contributed by atoms with Gasteiger partial charge in [0.2, 0.25) is 0 Å². The normalized spacial score (nSPS) is 17.8. The second-order valence-corrected chi connectivity index (χ2v) is 7.16. The van der Waals surface area contributed by atoms with Gasteiger partial charge < -0.3 is 0 Å². The third kappa shape index (κ3) is 8.63. The summed E-state index contributed by atoms with van der Waals surface area (Å²) >= 11 is 0. The Balaban J connectivity index is 2.07. The van der Waals surface area contributed by atoms with E-state index in [-0.39, 0.29) is 0 Å². The Bertz CT molecular complexity index is 253. The average Bonchev–Trinajstić information content (AvgIpc) is 2.52. The van der Waals surface area contributed by atoms with Gasteiger partial charge >= 0.3 is 0 Å². The zero-order valence-corrected chi connectivity index (χ0v) is 14.7. The van der Waals surface area contributed by atoms with Crippen molar-refractivity contribution in [2.24, 2.45) is 11.8 Å². The summed E-state index contributed by atoms with van der Waals surface area (Å²) in [6.45, 7) is 4.57. The van der Waals surface area contributed by atoms with E-state index in [1.54, 1.807) is 0 Å². The summed E-state index contributed by atoms with van der Waals surface area (Å²) in [6.07, 6.45) is 19.0. The molecule has 0 amide bonds. The first kappa shape index (κ1) is 18.7. The molecule has 0 aromatic carbocycles. The molecule has 1 aliphatic rings. The lowest BCUT2D eigenvalue weighted by atomic mass is 9.76. The van der Waals surface area contributed by atoms with Crippen LogP contribution in [0.15, 0.2) is 0 Å². The largest absolute Gasteiger partial charge is 0.300 e. The minimum absolute atomic E-state index is 0.528. The molecular weight excluding hydrogens is 256 g/mol. The Morgan fingerprint density at radius 3 is 2.24 bits per heavy atom. The number of ketones is 1. The molecule has 0 heterocycles. The van der Waals surface area contributed by atoms with Crippen LogP contribution in [0.4, 0.5) is 0 Å². The molecule has 0 aromatic heterocycles. The van der Waals surface area contributed by atoms with Gasteiger partial charge in [-0.1, -0.05) is 84.5 Å². The molecule has 1 unspecified atom stereocenters. The first-order chi connectivity index (χ1) is 10.3. The molecule has 0 spiro atoms. The monoisotopic (exact) mass is 294 g/mol. The molecule has 1 rings (SSSR count). The van der Waals surface area contributed by atoms with Crippen molar-refractivity contribution in [2.75, 3.05) is 0 Å². The molecule has 1 saturated carbocycles. The van der Waals surface area contributed by atoms with Crippen molar-refractivity contribution in [2.45, 2.75) is 110 Å². The van der Waals surface area contributed by atoms with E-state index in [1.165, 1.54) is 70.6 Å². The number of carbonyl (C=O) groups excluding carboxylic acids is 1. The Morgan fingerprint density at radius 1 is 0.905 bits per heavy atom. The van der Waals surface area contributed by atoms with Gasteiger partial charge in [-0.2, -0.15) is 0 Å². The van der Waals surface area contributed by atoms with Crippen LogP contribution in [0, 0.1) is 11.8 Å². The van der Waals surface area contributed by atoms with Crippen molar-refractivity contribution >= 4 is 5.78 Å². The quantitative estimate of drug-likeness (QED) is 0.366. The fourth-order valence-corrected chi connectivity index (χ4v) is 3.95. The van der Waals surface area contributed by atoms with Gasteiger partial charge in [-0.3, -0.25) is 4.79 Å². The predicted octanol–water partition coefficient (Wildman–Crippen LogP) is 6.69. The SMILES string of the molecule is CCCCCCCCC(=O)CCC(CC)C1CCCCC1. The fourth-order valence-electron chi connectivity index (χ4n) is 3.95. The summed E-state index contributed by atoms with van der Waals surface area (Å²) in [5.74, 6) is 2.27. The van der Waals surface area contributed by atoms with Crippen LogP contribution in [0.1, 0.15) is 110 Å². The van der Waals surface area contributed by atoms with Crippen molar-refractivity contribution in [3.63, 3.8) is 0 Å². The van der Waals surface area contributed by atoms with Crippen LogP contribution < -0.4 is 0 Å². The minimum atomic E-state index is 0.528. The number of carbonyl (C=O) groups is 1. The zero-order chi connectivity index (χ0) is 15.3. The van der Waals surface area contributed by atoms with E-state index in [2.05, 4.69) is 13.8 Å². The Morgan fingerprint density at radius 2 is 1.57 bits per heavy atom. The van der Waals surface area contributed by atoms with Crippen molar-refractivity contribution in [3.05, 3.63) is 0 Å². The number of unbranched alkanes of at least 4 members (excludes halogenated alkanes) is 5. The van der Waals surface area contributed by atoms with Gasteiger partial charge in [0.15, 0.2) is 0 Å². The van der Waals surface area contributed by atoms with Crippen LogP contribution in [-0.4, -0.2) is 5.78 Å². The molecule has 1 fully saturated rings. The molecule has 1 atom stereocenters. The van der Waals surface area contributed by atoms with Crippen molar-refractivity contribution in [1.82, 2.24) is 0 Å². The van der Waals surface area contributed by atoms with E-state index in [4.69, 9.17) is 0 Å². The van der Waals surface area contributed by atoms with Gasteiger partial charge in [-0.25, -0.2) is 0 Å². The van der Waals surface area contributed by atoms with Crippen LogP contribution in [-0.2, 0) is 4.79 Å². The smallest absolute Gasteiger partial charge is 0.132 e. The molecule has 124 valence electrons. The van der Waals surface area contributed by atoms with Crippen LogP contribution in [0.25, 0.3) is 0 Å². The molecule has 0 aliphatic heterocycles. The maximum atomic E-state index is 12.0. The first-order valence-corrected chi connectivity index (χ1v) is 9.79. The van der Waals surface area contributed by atoms with E-state index in [9.17, 15) is 4.79 Å². The predicted molar refractivity (Wildman–Crippen MR) is 92.6 cm³/mol. The molecule has 0 N–H and O–H groups in total. The maximum Gasteiger partial charge on any atom is 0.132 e. The lowest BCUT2D eigenvalue weighted by Gasteiger charge is -2.29. The van der Waals surface area contributed by atoms with Crippen molar-refractivity contribution < 1.29 is 4.79 Å². The highest BCUT2D eigenvalue weighted by Gasteiger charge is 2.22. The average molecular weight is 295 g/mol. The van der Waals surface area contributed by atoms with Gasteiger partial charge in [0.25, 0.3) is 0 Å². The van der Waals surface area contributed by atoms with E-state index in [0.29, 0.717) is 5.78 Å². The van der Waals surface area contributed by atoms with Gasteiger partial charge in [0.05, 0.1) is 0 Å². The standard InChI is InChI=1S/C20H38O/c1-3-5-6-7-8-12-15-20(21)17-16-18(4-2)19-13-10-9-11-14-19/h18-19H,3-17H2,1-2H3. The number of Topliss-reactive ketones (excluding diaryl/α,β-unsaturated/α-hetero) is 1. The Hall–Kier alpha value is -0.330. The summed E-state index contributed by atoms with van der Waals surface area (Å²) in [6, 6.07) is 0. The summed E-state index contributed by atoms with van der Waals surface area (Å²) in [7, 11) is 0. The topological polar surface area (TPSA) is 17.1 Å². The highest BCUT2D eigenvalue weighted by atomic mass is 16.1. The second-order valence-electron chi connectivity index (χ2n) is 7.16. The van der Waals surface area contributed by atoms with Gasteiger partial charge in [0.1, 0.15) is 5.78 Å². The highest BCUT2D eigenvalue weighted by molar-refractivity contribution is 5.78. The minimum Gasteiger partial charge on any atom is -0.300 e. The third-order valence-electron chi connectivity index (χ3n) is 5.44. The lowest BCUT2D eigenvalue weighted by molar-refractivity contribution is -0.119. The maximum absolute atomic E-state index is 12.0. The van der Waals surface area contributed by atoms with E-state index in [1.807, 2.05) is 0 Å². The fraction of sp³-hybridized carbons (Fsp3) is 0.950. The molecule has 0 aromatic rings.